The molecule has 96 valence electrons. The molecule has 0 saturated carbocycles. The Hall–Kier alpha value is -0.160. The largest absolute Gasteiger partial charge is 0.324 e. The van der Waals surface area contributed by atoms with Crippen LogP contribution in [-0.2, 0) is 6.42 Å². The molecule has 1 aromatic heterocycles. The molecule has 18 heavy (non-hydrogen) atoms. The topological polar surface area (TPSA) is 26.0 Å². The van der Waals surface area contributed by atoms with Gasteiger partial charge in [-0.25, -0.2) is 0 Å². The van der Waals surface area contributed by atoms with Gasteiger partial charge in [0.05, 0.1) is 0 Å². The minimum absolute atomic E-state index is 0.0467. The highest BCUT2D eigenvalue weighted by Crippen LogP contribution is 2.30. The molecule has 0 aliphatic heterocycles. The number of nitrogens with two attached hydrogens (primary N) is 1. The first-order valence-corrected chi connectivity index (χ1v) is 8.19. The van der Waals surface area contributed by atoms with E-state index >= 15 is 0 Å². The van der Waals surface area contributed by atoms with Crippen LogP contribution in [0.4, 0.5) is 0 Å². The lowest BCUT2D eigenvalue weighted by atomic mass is 9.99. The van der Waals surface area contributed by atoms with Gasteiger partial charge >= 0.3 is 0 Å². The van der Waals surface area contributed by atoms with Crippen molar-refractivity contribution in [3.63, 3.8) is 0 Å². The summed E-state index contributed by atoms with van der Waals surface area (Å²) in [5.41, 5.74) is 10.00. The molecule has 1 nitrogen and oxygen atoms in total. The maximum Gasteiger partial charge on any atom is 0.0344 e. The van der Waals surface area contributed by atoms with Gasteiger partial charge in [0.25, 0.3) is 0 Å². The van der Waals surface area contributed by atoms with E-state index in [9.17, 15) is 0 Å². The van der Waals surface area contributed by atoms with Crippen molar-refractivity contribution < 1.29 is 0 Å². The monoisotopic (exact) mass is 387 g/mol. The maximum atomic E-state index is 6.31. The molecule has 0 bridgehead atoms. The number of halogens is 2. The molecule has 0 radical (unpaired) electrons. The van der Waals surface area contributed by atoms with Gasteiger partial charge in [0, 0.05) is 26.3 Å². The van der Waals surface area contributed by atoms with Gasteiger partial charge in [-0.05, 0) is 57.9 Å². The Morgan fingerprint density at radius 1 is 1.22 bits per heavy atom. The van der Waals surface area contributed by atoms with E-state index in [-0.39, 0.29) is 6.04 Å². The van der Waals surface area contributed by atoms with E-state index in [2.05, 4.69) is 69.3 Å². The predicted molar refractivity (Wildman–Crippen MR) is 86.3 cm³/mol. The van der Waals surface area contributed by atoms with Crippen molar-refractivity contribution in [2.75, 3.05) is 0 Å². The van der Waals surface area contributed by atoms with Crippen molar-refractivity contribution in [3.05, 3.63) is 54.1 Å². The van der Waals surface area contributed by atoms with Gasteiger partial charge in [-0.15, -0.1) is 11.3 Å². The number of rotatable bonds is 3. The Labute approximate surface area is 129 Å². The Bertz CT molecular complexity index is 540. The molecule has 2 N–H and O–H groups in total. The second-order valence-corrected chi connectivity index (χ2v) is 7.12. The van der Waals surface area contributed by atoms with E-state index in [1.165, 1.54) is 26.0 Å². The molecule has 0 aliphatic rings. The lowest BCUT2D eigenvalue weighted by Crippen LogP contribution is -2.13. The fraction of sp³-hybridized carbons (Fsp3) is 0.286. The molecule has 0 aliphatic carbocycles. The summed E-state index contributed by atoms with van der Waals surface area (Å²) in [7, 11) is 0. The summed E-state index contributed by atoms with van der Waals surface area (Å²) >= 11 is 8.89. The zero-order chi connectivity index (χ0) is 13.3. The van der Waals surface area contributed by atoms with Gasteiger partial charge in [-0.2, -0.15) is 0 Å². The molecule has 0 amide bonds. The molecule has 4 heteroatoms. The van der Waals surface area contributed by atoms with E-state index in [4.69, 9.17) is 5.73 Å². The van der Waals surface area contributed by atoms with Gasteiger partial charge in [0.15, 0.2) is 0 Å². The second kappa shape index (κ2) is 5.87. The third kappa shape index (κ3) is 3.05. The van der Waals surface area contributed by atoms with Crippen LogP contribution in [0.25, 0.3) is 0 Å². The SMILES string of the molecule is Cc1cc(C(N)Cc2sccc2Br)cc(C)c1Br. The smallest absolute Gasteiger partial charge is 0.0344 e. The average Bonchev–Trinajstić information content (AvgIpc) is 2.71. The van der Waals surface area contributed by atoms with Crippen LogP contribution in [0, 0.1) is 13.8 Å². The quantitative estimate of drug-likeness (QED) is 0.774. The van der Waals surface area contributed by atoms with Gasteiger partial charge in [-0.1, -0.05) is 28.1 Å². The van der Waals surface area contributed by atoms with Crippen LogP contribution in [0.5, 0.6) is 0 Å². The first-order chi connectivity index (χ1) is 8.49. The molecular formula is C14H15Br2NS. The van der Waals surface area contributed by atoms with Gasteiger partial charge in [-0.3, -0.25) is 0 Å². The number of hydrogen-bond donors (Lipinski definition) is 1. The first-order valence-electron chi connectivity index (χ1n) is 5.73. The Kier molecular flexibility index (Phi) is 4.64. The minimum atomic E-state index is 0.0467. The normalized spacial score (nSPS) is 12.7. The van der Waals surface area contributed by atoms with Crippen molar-refractivity contribution in [2.24, 2.45) is 5.73 Å². The minimum Gasteiger partial charge on any atom is -0.324 e. The van der Waals surface area contributed by atoms with Crippen molar-refractivity contribution >= 4 is 43.2 Å². The van der Waals surface area contributed by atoms with Crippen molar-refractivity contribution in [1.29, 1.82) is 0 Å². The maximum absolute atomic E-state index is 6.31. The predicted octanol–water partition coefficient (Wildman–Crippen LogP) is 5.13. The molecule has 1 aromatic carbocycles. The van der Waals surface area contributed by atoms with Crippen LogP contribution in [0.15, 0.2) is 32.5 Å². The van der Waals surface area contributed by atoms with Crippen LogP contribution >= 0.6 is 43.2 Å². The molecular weight excluding hydrogens is 374 g/mol. The summed E-state index contributed by atoms with van der Waals surface area (Å²) < 4.78 is 2.34. The lowest BCUT2D eigenvalue weighted by molar-refractivity contribution is 0.726. The molecule has 0 fully saturated rings. The summed E-state index contributed by atoms with van der Waals surface area (Å²) in [6, 6.07) is 6.46. The Morgan fingerprint density at radius 3 is 2.33 bits per heavy atom. The van der Waals surface area contributed by atoms with Crippen LogP contribution in [0.2, 0.25) is 0 Å². The standard InChI is InChI=1S/C14H15Br2NS/c1-8-5-10(6-9(2)14(8)16)12(17)7-13-11(15)3-4-18-13/h3-6,12H,7,17H2,1-2H3. The fourth-order valence-corrected chi connectivity index (χ4v) is 3.78. The summed E-state index contributed by atoms with van der Waals surface area (Å²) in [4.78, 5) is 1.31. The third-order valence-corrected chi connectivity index (χ3v) is 6.18. The summed E-state index contributed by atoms with van der Waals surface area (Å²) in [5, 5.41) is 2.09. The van der Waals surface area contributed by atoms with Crippen LogP contribution < -0.4 is 5.73 Å². The molecule has 0 spiro atoms. The molecule has 1 unspecified atom stereocenters. The average molecular weight is 389 g/mol. The molecule has 0 saturated heterocycles. The number of hydrogen-bond acceptors (Lipinski definition) is 2. The Balaban J connectivity index is 2.24. The number of benzene rings is 1. The van der Waals surface area contributed by atoms with Gasteiger partial charge in [0.2, 0.25) is 0 Å². The van der Waals surface area contributed by atoms with Crippen LogP contribution in [0.1, 0.15) is 27.6 Å². The summed E-state index contributed by atoms with van der Waals surface area (Å²) in [6.45, 7) is 4.21. The number of aryl methyl sites for hydroxylation is 2. The Morgan fingerprint density at radius 2 is 1.83 bits per heavy atom. The molecule has 2 aromatic rings. The van der Waals surface area contributed by atoms with Gasteiger partial charge < -0.3 is 5.73 Å². The van der Waals surface area contributed by atoms with Gasteiger partial charge in [0.1, 0.15) is 0 Å². The van der Waals surface area contributed by atoms with Crippen molar-refractivity contribution in [2.45, 2.75) is 26.3 Å². The highest BCUT2D eigenvalue weighted by Gasteiger charge is 2.12. The summed E-state index contributed by atoms with van der Waals surface area (Å²) in [5.74, 6) is 0. The van der Waals surface area contributed by atoms with E-state index in [1.807, 2.05) is 0 Å². The van der Waals surface area contributed by atoms with Crippen LogP contribution in [-0.4, -0.2) is 0 Å². The van der Waals surface area contributed by atoms with E-state index in [1.54, 1.807) is 11.3 Å². The highest BCUT2D eigenvalue weighted by atomic mass is 79.9. The zero-order valence-corrected chi connectivity index (χ0v) is 14.3. The third-order valence-electron chi connectivity index (χ3n) is 2.98. The molecule has 1 atom stereocenters. The van der Waals surface area contributed by atoms with E-state index < -0.39 is 0 Å². The molecule has 2 rings (SSSR count). The van der Waals surface area contributed by atoms with Crippen molar-refractivity contribution in [1.82, 2.24) is 0 Å². The van der Waals surface area contributed by atoms with Crippen LogP contribution in [0.3, 0.4) is 0 Å². The highest BCUT2D eigenvalue weighted by molar-refractivity contribution is 9.10. The first kappa shape index (κ1) is 14.3. The fourth-order valence-electron chi connectivity index (χ4n) is 1.98. The van der Waals surface area contributed by atoms with Crippen molar-refractivity contribution in [3.8, 4) is 0 Å². The second-order valence-electron chi connectivity index (χ2n) is 4.47. The summed E-state index contributed by atoms with van der Waals surface area (Å²) in [6.07, 6.45) is 0.874. The lowest BCUT2D eigenvalue weighted by Gasteiger charge is -2.14. The zero-order valence-electron chi connectivity index (χ0n) is 10.3. The molecule has 1 heterocycles. The van der Waals surface area contributed by atoms with E-state index in [0.29, 0.717) is 0 Å². The number of thiophene rings is 1. The van der Waals surface area contributed by atoms with E-state index in [0.717, 1.165) is 10.9 Å².